The predicted octanol–water partition coefficient (Wildman–Crippen LogP) is 1.65. The van der Waals surface area contributed by atoms with Crippen LogP contribution in [0.5, 0.6) is 0 Å². The van der Waals surface area contributed by atoms with Crippen molar-refractivity contribution in [3.63, 3.8) is 0 Å². The van der Waals surface area contributed by atoms with Gasteiger partial charge < -0.3 is 10.0 Å². The van der Waals surface area contributed by atoms with Crippen LogP contribution in [0.25, 0.3) is 0 Å². The summed E-state index contributed by atoms with van der Waals surface area (Å²) in [6.07, 6.45) is 3.17. The molecule has 0 aliphatic carbocycles. The Bertz CT molecular complexity index is 258. The van der Waals surface area contributed by atoms with Crippen LogP contribution in [-0.2, 0) is 4.79 Å². The zero-order valence-electron chi connectivity index (χ0n) is 11.5. The molecule has 1 aliphatic heterocycles. The van der Waals surface area contributed by atoms with E-state index in [1.54, 1.807) is 0 Å². The van der Waals surface area contributed by atoms with Gasteiger partial charge in [0.2, 0.25) is 0 Å². The van der Waals surface area contributed by atoms with Gasteiger partial charge in [0, 0.05) is 18.1 Å². The van der Waals surface area contributed by atoms with Gasteiger partial charge in [0.05, 0.1) is 6.54 Å². The van der Waals surface area contributed by atoms with E-state index in [1.807, 2.05) is 0 Å². The molecule has 1 fully saturated rings. The van der Waals surface area contributed by atoms with Crippen LogP contribution in [0.15, 0.2) is 0 Å². The summed E-state index contributed by atoms with van der Waals surface area (Å²) in [7, 11) is 2.14. The van der Waals surface area contributed by atoms with E-state index >= 15 is 0 Å². The summed E-state index contributed by atoms with van der Waals surface area (Å²) in [5.74, 6) is -0.711. The SMILES string of the molecule is CCC(C)N(CC(=O)O)C1CCN(C)C(C)C1. The summed E-state index contributed by atoms with van der Waals surface area (Å²) < 4.78 is 0. The fraction of sp³-hybridized carbons (Fsp3) is 0.923. The summed E-state index contributed by atoms with van der Waals surface area (Å²) in [6.45, 7) is 7.72. The fourth-order valence-corrected chi connectivity index (χ4v) is 2.60. The van der Waals surface area contributed by atoms with Gasteiger partial charge in [-0.2, -0.15) is 0 Å². The maximum Gasteiger partial charge on any atom is 0.317 e. The molecule has 0 radical (unpaired) electrons. The van der Waals surface area contributed by atoms with Gasteiger partial charge in [-0.05, 0) is 46.7 Å². The largest absolute Gasteiger partial charge is 0.480 e. The number of carbonyl (C=O) groups is 1. The first-order valence-corrected chi connectivity index (χ1v) is 6.63. The second kappa shape index (κ2) is 6.36. The first-order chi connectivity index (χ1) is 7.95. The monoisotopic (exact) mass is 242 g/mol. The second-order valence-electron chi connectivity index (χ2n) is 5.33. The first kappa shape index (κ1) is 14.5. The number of hydrogen-bond acceptors (Lipinski definition) is 3. The van der Waals surface area contributed by atoms with Crippen molar-refractivity contribution in [1.29, 1.82) is 0 Å². The molecule has 0 bridgehead atoms. The smallest absolute Gasteiger partial charge is 0.317 e. The molecule has 4 heteroatoms. The molecular weight excluding hydrogens is 216 g/mol. The average Bonchev–Trinajstić information content (AvgIpc) is 2.28. The van der Waals surface area contributed by atoms with E-state index in [0.717, 1.165) is 25.8 Å². The standard InChI is InChI=1S/C13H26N2O2/c1-5-10(2)15(9-13(16)17)12-6-7-14(4)11(3)8-12/h10-12H,5-9H2,1-4H3,(H,16,17). The molecular formula is C13H26N2O2. The van der Waals surface area contributed by atoms with Crippen LogP contribution >= 0.6 is 0 Å². The summed E-state index contributed by atoms with van der Waals surface area (Å²) in [5, 5.41) is 9.02. The van der Waals surface area contributed by atoms with E-state index in [9.17, 15) is 4.79 Å². The summed E-state index contributed by atoms with van der Waals surface area (Å²) in [6, 6.07) is 1.33. The molecule has 0 aromatic heterocycles. The van der Waals surface area contributed by atoms with Crippen molar-refractivity contribution >= 4 is 5.97 Å². The molecule has 1 rings (SSSR count). The third-order valence-corrected chi connectivity index (χ3v) is 4.12. The summed E-state index contributed by atoms with van der Waals surface area (Å²) in [5.41, 5.74) is 0. The van der Waals surface area contributed by atoms with Crippen LogP contribution < -0.4 is 0 Å². The highest BCUT2D eigenvalue weighted by atomic mass is 16.4. The number of nitrogens with zero attached hydrogens (tertiary/aromatic N) is 2. The van der Waals surface area contributed by atoms with E-state index in [0.29, 0.717) is 18.1 Å². The minimum Gasteiger partial charge on any atom is -0.480 e. The highest BCUT2D eigenvalue weighted by molar-refractivity contribution is 5.69. The van der Waals surface area contributed by atoms with Crippen molar-refractivity contribution in [1.82, 2.24) is 9.80 Å². The Morgan fingerprint density at radius 1 is 1.59 bits per heavy atom. The minimum absolute atomic E-state index is 0.177. The van der Waals surface area contributed by atoms with E-state index in [1.165, 1.54) is 0 Å². The van der Waals surface area contributed by atoms with Crippen molar-refractivity contribution in [3.05, 3.63) is 0 Å². The van der Waals surface area contributed by atoms with E-state index < -0.39 is 5.97 Å². The number of aliphatic carboxylic acids is 1. The molecule has 100 valence electrons. The van der Waals surface area contributed by atoms with Crippen molar-refractivity contribution < 1.29 is 9.90 Å². The zero-order valence-corrected chi connectivity index (χ0v) is 11.5. The van der Waals surface area contributed by atoms with Crippen molar-refractivity contribution in [2.45, 2.75) is 58.2 Å². The summed E-state index contributed by atoms with van der Waals surface area (Å²) >= 11 is 0. The Morgan fingerprint density at radius 3 is 2.71 bits per heavy atom. The highest BCUT2D eigenvalue weighted by Crippen LogP contribution is 2.23. The van der Waals surface area contributed by atoms with Gasteiger partial charge in [0.1, 0.15) is 0 Å². The molecule has 1 heterocycles. The van der Waals surface area contributed by atoms with Crippen molar-refractivity contribution in [3.8, 4) is 0 Å². The lowest BCUT2D eigenvalue weighted by Gasteiger charge is -2.42. The van der Waals surface area contributed by atoms with Crippen molar-refractivity contribution in [2.75, 3.05) is 20.1 Å². The third-order valence-electron chi connectivity index (χ3n) is 4.12. The topological polar surface area (TPSA) is 43.8 Å². The van der Waals surface area contributed by atoms with E-state index in [4.69, 9.17) is 5.11 Å². The zero-order chi connectivity index (χ0) is 13.0. The number of carboxylic acid groups (broad SMARTS) is 1. The van der Waals surface area contributed by atoms with Gasteiger partial charge in [-0.1, -0.05) is 6.92 Å². The molecule has 1 N–H and O–H groups in total. The van der Waals surface area contributed by atoms with E-state index in [2.05, 4.69) is 37.6 Å². The molecule has 4 nitrogen and oxygen atoms in total. The molecule has 1 aliphatic rings. The minimum atomic E-state index is -0.711. The Morgan fingerprint density at radius 2 is 2.24 bits per heavy atom. The van der Waals surface area contributed by atoms with Crippen LogP contribution in [-0.4, -0.2) is 59.1 Å². The predicted molar refractivity (Wildman–Crippen MR) is 69.2 cm³/mol. The van der Waals surface area contributed by atoms with Gasteiger partial charge in [-0.15, -0.1) is 0 Å². The Hall–Kier alpha value is -0.610. The number of carboxylic acids is 1. The van der Waals surface area contributed by atoms with Gasteiger partial charge in [-0.3, -0.25) is 9.69 Å². The number of likely N-dealkylation sites (tertiary alicyclic amines) is 1. The Labute approximate surface area is 105 Å². The molecule has 0 aromatic rings. The molecule has 3 unspecified atom stereocenters. The lowest BCUT2D eigenvalue weighted by atomic mass is 9.96. The maximum atomic E-state index is 11.0. The highest BCUT2D eigenvalue weighted by Gasteiger charge is 2.30. The Balaban J connectivity index is 2.66. The Kier molecular flexibility index (Phi) is 5.40. The van der Waals surface area contributed by atoms with Crippen LogP contribution in [0.4, 0.5) is 0 Å². The van der Waals surface area contributed by atoms with Crippen LogP contribution in [0.3, 0.4) is 0 Å². The molecule has 1 saturated heterocycles. The number of rotatable bonds is 5. The maximum absolute atomic E-state index is 11.0. The third kappa shape index (κ3) is 3.96. The van der Waals surface area contributed by atoms with Crippen LogP contribution in [0, 0.1) is 0 Å². The molecule has 0 amide bonds. The summed E-state index contributed by atoms with van der Waals surface area (Å²) in [4.78, 5) is 15.5. The first-order valence-electron chi connectivity index (χ1n) is 6.63. The number of hydrogen-bond donors (Lipinski definition) is 1. The average molecular weight is 242 g/mol. The molecule has 3 atom stereocenters. The van der Waals surface area contributed by atoms with Crippen molar-refractivity contribution in [2.24, 2.45) is 0 Å². The van der Waals surface area contributed by atoms with Crippen LogP contribution in [0.1, 0.15) is 40.0 Å². The lowest BCUT2D eigenvalue weighted by molar-refractivity contribution is -0.140. The normalized spacial score (nSPS) is 28.3. The van der Waals surface area contributed by atoms with E-state index in [-0.39, 0.29) is 6.54 Å². The quantitative estimate of drug-likeness (QED) is 0.796. The second-order valence-corrected chi connectivity index (χ2v) is 5.33. The lowest BCUT2D eigenvalue weighted by Crippen LogP contribution is -2.51. The number of piperidine rings is 1. The van der Waals surface area contributed by atoms with Gasteiger partial charge in [0.15, 0.2) is 0 Å². The van der Waals surface area contributed by atoms with Gasteiger partial charge >= 0.3 is 5.97 Å². The molecule has 0 spiro atoms. The van der Waals surface area contributed by atoms with Crippen LogP contribution in [0.2, 0.25) is 0 Å². The van der Waals surface area contributed by atoms with Gasteiger partial charge in [-0.25, -0.2) is 0 Å². The molecule has 17 heavy (non-hydrogen) atoms. The van der Waals surface area contributed by atoms with Gasteiger partial charge in [0.25, 0.3) is 0 Å². The fourth-order valence-electron chi connectivity index (χ4n) is 2.60. The molecule has 0 saturated carbocycles. The molecule has 0 aromatic carbocycles.